The first-order valence-corrected chi connectivity index (χ1v) is 7.96. The highest BCUT2D eigenvalue weighted by Crippen LogP contribution is 2.24. The number of carbonyl (C=O) groups excluding carboxylic acids is 2. The van der Waals surface area contributed by atoms with Gasteiger partial charge in [-0.25, -0.2) is 4.79 Å². The highest BCUT2D eigenvalue weighted by Gasteiger charge is 2.33. The molecule has 2 rings (SSSR count). The first kappa shape index (κ1) is 15.5. The monoisotopic (exact) mass is 403 g/mol. The first-order chi connectivity index (χ1) is 9.52. The van der Waals surface area contributed by atoms with Gasteiger partial charge in [0.2, 0.25) is 0 Å². The zero-order valence-corrected chi connectivity index (χ0v) is 14.2. The number of carbonyl (C=O) groups is 2. The van der Waals surface area contributed by atoms with E-state index in [-0.39, 0.29) is 11.9 Å². The van der Waals surface area contributed by atoms with Crippen LogP contribution in [0.25, 0.3) is 0 Å². The molecule has 1 aromatic carbocycles. The third kappa shape index (κ3) is 3.41. The zero-order valence-electron chi connectivity index (χ0n) is 11.1. The van der Waals surface area contributed by atoms with E-state index in [2.05, 4.69) is 31.9 Å². The summed E-state index contributed by atoms with van der Waals surface area (Å²) in [4.78, 5) is 26.0. The topological polar surface area (TPSA) is 46.6 Å². The molecular formula is C14H15Br2NO3. The molecule has 1 aromatic rings. The minimum atomic E-state index is -0.473. The number of esters is 1. The Morgan fingerprint density at radius 3 is 2.45 bits per heavy atom. The molecule has 0 radical (unpaired) electrons. The minimum absolute atomic E-state index is 0.137. The number of amides is 1. The predicted molar refractivity (Wildman–Crippen MR) is 82.5 cm³/mol. The van der Waals surface area contributed by atoms with Crippen LogP contribution in [0.3, 0.4) is 0 Å². The molecule has 0 aromatic heterocycles. The second-order valence-electron chi connectivity index (χ2n) is 4.69. The summed E-state index contributed by atoms with van der Waals surface area (Å²) in [5, 5.41) is 0. The van der Waals surface area contributed by atoms with Crippen molar-refractivity contribution < 1.29 is 14.3 Å². The van der Waals surface area contributed by atoms with Gasteiger partial charge in [-0.1, -0.05) is 31.9 Å². The lowest BCUT2D eigenvalue weighted by Crippen LogP contribution is -2.48. The molecule has 0 saturated carbocycles. The molecule has 4 nitrogen and oxygen atoms in total. The summed E-state index contributed by atoms with van der Waals surface area (Å²) >= 11 is 6.74. The summed E-state index contributed by atoms with van der Waals surface area (Å²) in [6.45, 7) is 0.586. The van der Waals surface area contributed by atoms with Gasteiger partial charge in [-0.15, -0.1) is 0 Å². The van der Waals surface area contributed by atoms with Crippen molar-refractivity contribution in [3.8, 4) is 0 Å². The summed E-state index contributed by atoms with van der Waals surface area (Å²) in [7, 11) is 1.36. The number of likely N-dealkylation sites (tertiary alicyclic amines) is 1. The largest absolute Gasteiger partial charge is 0.467 e. The molecule has 1 aliphatic heterocycles. The van der Waals surface area contributed by atoms with Crippen molar-refractivity contribution in [2.45, 2.75) is 25.3 Å². The van der Waals surface area contributed by atoms with Crippen LogP contribution in [0.4, 0.5) is 0 Å². The lowest BCUT2D eigenvalue weighted by molar-refractivity contribution is -0.147. The molecule has 1 amide bonds. The van der Waals surface area contributed by atoms with Gasteiger partial charge in [-0.05, 0) is 37.5 Å². The fourth-order valence-electron chi connectivity index (χ4n) is 2.40. The first-order valence-electron chi connectivity index (χ1n) is 6.38. The zero-order chi connectivity index (χ0) is 14.7. The lowest BCUT2D eigenvalue weighted by atomic mass is 10.0. The molecule has 20 heavy (non-hydrogen) atoms. The van der Waals surface area contributed by atoms with Crippen molar-refractivity contribution in [2.75, 3.05) is 13.7 Å². The number of ether oxygens (including phenoxy) is 1. The summed E-state index contributed by atoms with van der Waals surface area (Å²) in [6, 6.07) is 4.91. The van der Waals surface area contributed by atoms with Gasteiger partial charge in [0.15, 0.2) is 0 Å². The van der Waals surface area contributed by atoms with Crippen LogP contribution >= 0.6 is 31.9 Å². The third-order valence-electron chi connectivity index (χ3n) is 3.35. The van der Waals surface area contributed by atoms with E-state index in [1.807, 2.05) is 6.07 Å². The summed E-state index contributed by atoms with van der Waals surface area (Å²) in [5.41, 5.74) is 0.557. The fraction of sp³-hybridized carbons (Fsp3) is 0.429. The van der Waals surface area contributed by atoms with Crippen molar-refractivity contribution in [3.05, 3.63) is 32.7 Å². The Labute approximate surface area is 134 Å². The van der Waals surface area contributed by atoms with E-state index in [1.54, 1.807) is 17.0 Å². The highest BCUT2D eigenvalue weighted by molar-refractivity contribution is 9.11. The molecule has 1 atom stereocenters. The Balaban J connectivity index is 2.27. The second-order valence-corrected chi connectivity index (χ2v) is 6.52. The maximum Gasteiger partial charge on any atom is 0.328 e. The Kier molecular flexibility index (Phi) is 5.21. The van der Waals surface area contributed by atoms with E-state index in [1.165, 1.54) is 7.11 Å². The van der Waals surface area contributed by atoms with E-state index in [9.17, 15) is 9.59 Å². The normalized spacial score (nSPS) is 18.8. The van der Waals surface area contributed by atoms with Gasteiger partial charge in [0.05, 0.1) is 7.11 Å². The number of benzene rings is 1. The van der Waals surface area contributed by atoms with E-state index >= 15 is 0 Å². The van der Waals surface area contributed by atoms with Crippen LogP contribution in [0.1, 0.15) is 29.6 Å². The Bertz CT molecular complexity index is 513. The number of halogens is 2. The highest BCUT2D eigenvalue weighted by atomic mass is 79.9. The molecule has 108 valence electrons. The summed E-state index contributed by atoms with van der Waals surface area (Å²) in [6.07, 6.45) is 2.51. The van der Waals surface area contributed by atoms with E-state index < -0.39 is 6.04 Å². The smallest absolute Gasteiger partial charge is 0.328 e. The quantitative estimate of drug-likeness (QED) is 0.710. The molecule has 1 fully saturated rings. The Hall–Kier alpha value is -0.880. The van der Waals surface area contributed by atoms with Crippen LogP contribution in [0.5, 0.6) is 0 Å². The van der Waals surface area contributed by atoms with E-state index in [0.717, 1.165) is 21.8 Å². The van der Waals surface area contributed by atoms with E-state index in [0.29, 0.717) is 18.5 Å². The molecule has 0 N–H and O–H groups in total. The summed E-state index contributed by atoms with van der Waals surface area (Å²) < 4.78 is 6.44. The molecule has 1 saturated heterocycles. The SMILES string of the molecule is COC(=O)C1CCCCN1C(=O)c1cc(Br)cc(Br)c1. The Morgan fingerprint density at radius 2 is 1.85 bits per heavy atom. The van der Waals surface area contributed by atoms with Crippen molar-refractivity contribution in [2.24, 2.45) is 0 Å². The minimum Gasteiger partial charge on any atom is -0.467 e. The number of piperidine rings is 1. The standard InChI is InChI=1S/C14H15Br2NO3/c1-20-14(19)12-4-2-3-5-17(12)13(18)9-6-10(15)8-11(16)7-9/h6-8,12H,2-5H2,1H3. The summed E-state index contributed by atoms with van der Waals surface area (Å²) in [5.74, 6) is -0.478. The van der Waals surface area contributed by atoms with Crippen LogP contribution in [0.2, 0.25) is 0 Å². The van der Waals surface area contributed by atoms with Gasteiger partial charge < -0.3 is 9.64 Å². The van der Waals surface area contributed by atoms with Gasteiger partial charge in [0, 0.05) is 21.1 Å². The average molecular weight is 405 g/mol. The number of nitrogens with zero attached hydrogens (tertiary/aromatic N) is 1. The molecule has 1 unspecified atom stereocenters. The van der Waals surface area contributed by atoms with Crippen LogP contribution in [0, 0.1) is 0 Å². The van der Waals surface area contributed by atoms with Crippen molar-refractivity contribution in [1.29, 1.82) is 0 Å². The number of methoxy groups -OCH3 is 1. The predicted octanol–water partition coefficient (Wildman–Crippen LogP) is 3.38. The molecule has 6 heteroatoms. The second kappa shape index (κ2) is 6.72. The van der Waals surface area contributed by atoms with Gasteiger partial charge in [-0.2, -0.15) is 0 Å². The van der Waals surface area contributed by atoms with Crippen LogP contribution in [0.15, 0.2) is 27.1 Å². The maximum absolute atomic E-state index is 12.6. The molecule has 1 aliphatic rings. The van der Waals surface area contributed by atoms with Gasteiger partial charge in [0.25, 0.3) is 5.91 Å². The van der Waals surface area contributed by atoms with Gasteiger partial charge in [0.1, 0.15) is 6.04 Å². The number of hydrogen-bond acceptors (Lipinski definition) is 3. The van der Waals surface area contributed by atoms with Crippen molar-refractivity contribution in [3.63, 3.8) is 0 Å². The van der Waals surface area contributed by atoms with Crippen LogP contribution in [-0.2, 0) is 9.53 Å². The Morgan fingerprint density at radius 1 is 1.20 bits per heavy atom. The van der Waals surface area contributed by atoms with Gasteiger partial charge >= 0.3 is 5.97 Å². The number of rotatable bonds is 2. The van der Waals surface area contributed by atoms with Gasteiger partial charge in [-0.3, -0.25) is 4.79 Å². The lowest BCUT2D eigenvalue weighted by Gasteiger charge is -2.33. The van der Waals surface area contributed by atoms with Crippen LogP contribution < -0.4 is 0 Å². The third-order valence-corrected chi connectivity index (χ3v) is 4.26. The van der Waals surface area contributed by atoms with E-state index in [4.69, 9.17) is 4.74 Å². The molecule has 1 heterocycles. The molecule has 0 bridgehead atoms. The molecule has 0 aliphatic carbocycles. The number of hydrogen-bond donors (Lipinski definition) is 0. The maximum atomic E-state index is 12.6. The molecular weight excluding hydrogens is 390 g/mol. The average Bonchev–Trinajstić information content (AvgIpc) is 2.44. The van der Waals surface area contributed by atoms with Crippen molar-refractivity contribution >= 4 is 43.7 Å². The fourth-order valence-corrected chi connectivity index (χ4v) is 3.69. The van der Waals surface area contributed by atoms with Crippen LogP contribution in [-0.4, -0.2) is 36.5 Å². The molecule has 0 spiro atoms. The van der Waals surface area contributed by atoms with Crippen molar-refractivity contribution in [1.82, 2.24) is 4.90 Å².